The van der Waals surface area contributed by atoms with Crippen molar-refractivity contribution in [3.63, 3.8) is 0 Å². The maximum atomic E-state index is 12.9. The van der Waals surface area contributed by atoms with Crippen molar-refractivity contribution in [3.05, 3.63) is 92.2 Å². The van der Waals surface area contributed by atoms with E-state index in [1.54, 1.807) is 63.6 Å². The molecule has 10 heteroatoms. The van der Waals surface area contributed by atoms with E-state index in [0.717, 1.165) is 11.1 Å². The topological polar surface area (TPSA) is 105 Å². The monoisotopic (exact) mass is 529 g/mol. The molecule has 0 saturated carbocycles. The molecule has 0 fully saturated rings. The van der Waals surface area contributed by atoms with Crippen molar-refractivity contribution >= 4 is 40.5 Å². The zero-order valence-electron chi connectivity index (χ0n) is 20.8. The Bertz CT molecular complexity index is 1750. The Morgan fingerprint density at radius 3 is 2.53 bits per heavy atom. The summed E-state index contributed by atoms with van der Waals surface area (Å²) in [6.45, 7) is 2.08. The first kappa shape index (κ1) is 25.0. The van der Waals surface area contributed by atoms with Crippen LogP contribution in [0, 0.1) is 0 Å². The molecule has 5 aromatic rings. The molecule has 9 nitrogen and oxygen atoms in total. The minimum atomic E-state index is -0.369. The van der Waals surface area contributed by atoms with Crippen LogP contribution in [0.15, 0.2) is 63.8 Å². The van der Waals surface area contributed by atoms with Gasteiger partial charge in [0.2, 0.25) is 4.96 Å². The molecule has 0 aliphatic carbocycles. The first-order valence-corrected chi connectivity index (χ1v) is 12.5. The molecule has 0 aliphatic heterocycles. The molecular weight excluding hydrogens is 506 g/mol. The van der Waals surface area contributed by atoms with Crippen molar-refractivity contribution in [1.82, 2.24) is 14.6 Å². The van der Waals surface area contributed by atoms with Gasteiger partial charge in [0, 0.05) is 11.6 Å². The zero-order chi connectivity index (χ0) is 26.6. The summed E-state index contributed by atoms with van der Waals surface area (Å²) in [7, 11) is 3.16. The van der Waals surface area contributed by atoms with E-state index in [0.29, 0.717) is 50.5 Å². The number of ether oxygens (including phenoxy) is 3. The number of carbonyl (C=O) groups excluding carboxylic acids is 1. The summed E-state index contributed by atoms with van der Waals surface area (Å²) >= 11 is 1.23. The van der Waals surface area contributed by atoms with Crippen LogP contribution in [0.5, 0.6) is 11.5 Å². The molecule has 0 N–H and O–H groups in total. The molecule has 3 aromatic heterocycles. The van der Waals surface area contributed by atoms with Gasteiger partial charge < -0.3 is 18.6 Å². The van der Waals surface area contributed by atoms with Gasteiger partial charge in [-0.25, -0.2) is 4.79 Å². The number of fused-ring (bicyclic) bond motifs is 1. The second-order valence-electron chi connectivity index (χ2n) is 8.03. The molecule has 0 unspecified atom stereocenters. The van der Waals surface area contributed by atoms with Crippen molar-refractivity contribution in [2.75, 3.05) is 20.8 Å². The molecule has 38 heavy (non-hydrogen) atoms. The van der Waals surface area contributed by atoms with Crippen molar-refractivity contribution in [3.8, 4) is 22.8 Å². The predicted molar refractivity (Wildman–Crippen MR) is 144 cm³/mol. The second-order valence-corrected chi connectivity index (χ2v) is 9.04. The largest absolute Gasteiger partial charge is 0.493 e. The molecule has 0 radical (unpaired) electrons. The number of rotatable bonds is 8. The summed E-state index contributed by atoms with van der Waals surface area (Å²) in [6.07, 6.45) is 5.23. The summed E-state index contributed by atoms with van der Waals surface area (Å²) < 4.78 is 23.2. The van der Waals surface area contributed by atoms with Gasteiger partial charge in [-0.15, -0.1) is 5.10 Å². The van der Waals surface area contributed by atoms with Crippen LogP contribution in [0.25, 0.3) is 34.5 Å². The number of carbonyl (C=O) groups is 1. The fourth-order valence-corrected chi connectivity index (χ4v) is 4.64. The number of benzene rings is 2. The van der Waals surface area contributed by atoms with Gasteiger partial charge in [0.15, 0.2) is 17.3 Å². The number of hydrogen-bond donors (Lipinski definition) is 0. The third-order valence-corrected chi connectivity index (χ3v) is 6.57. The summed E-state index contributed by atoms with van der Waals surface area (Å²) in [4.78, 5) is 29.7. The van der Waals surface area contributed by atoms with Crippen molar-refractivity contribution < 1.29 is 23.4 Å². The summed E-state index contributed by atoms with van der Waals surface area (Å²) in [6, 6.07) is 16.1. The van der Waals surface area contributed by atoms with Crippen LogP contribution in [0.4, 0.5) is 0 Å². The van der Waals surface area contributed by atoms with E-state index in [-0.39, 0.29) is 11.5 Å². The predicted octanol–water partition coefficient (Wildman–Crippen LogP) is 4.32. The average Bonchev–Trinajstić information content (AvgIpc) is 3.64. The lowest BCUT2D eigenvalue weighted by Gasteiger charge is -2.07. The lowest BCUT2D eigenvalue weighted by molar-refractivity contribution is 0.0526. The molecule has 0 spiro atoms. The van der Waals surface area contributed by atoms with Gasteiger partial charge in [-0.1, -0.05) is 35.6 Å². The van der Waals surface area contributed by atoms with Gasteiger partial charge in [-0.2, -0.15) is 9.50 Å². The summed E-state index contributed by atoms with van der Waals surface area (Å²) in [5.74, 6) is 2.43. The Morgan fingerprint density at radius 1 is 1.03 bits per heavy atom. The van der Waals surface area contributed by atoms with Gasteiger partial charge in [0.25, 0.3) is 5.56 Å². The number of esters is 1. The molecule has 2 aromatic carbocycles. The third-order valence-electron chi connectivity index (χ3n) is 5.61. The number of thiazole rings is 1. The van der Waals surface area contributed by atoms with E-state index in [2.05, 4.69) is 10.1 Å². The van der Waals surface area contributed by atoms with E-state index >= 15 is 0 Å². The van der Waals surface area contributed by atoms with Gasteiger partial charge in [0.1, 0.15) is 16.1 Å². The van der Waals surface area contributed by atoms with E-state index in [9.17, 15) is 9.59 Å². The minimum absolute atomic E-state index is 0.278. The highest BCUT2D eigenvalue weighted by Gasteiger charge is 2.11. The van der Waals surface area contributed by atoms with Crippen molar-refractivity contribution in [2.24, 2.45) is 0 Å². The maximum absolute atomic E-state index is 12.9. The summed E-state index contributed by atoms with van der Waals surface area (Å²) in [5.41, 5.74) is 1.87. The SMILES string of the molecule is CCOC(=O)c1ccc(-c2ccc(/C=c3\sc4nc(/C=C/c5ccc(OC)c(OC)c5)nn4c3=O)o2)cc1. The van der Waals surface area contributed by atoms with Gasteiger partial charge in [-0.3, -0.25) is 4.79 Å². The number of methoxy groups -OCH3 is 2. The third kappa shape index (κ3) is 5.07. The van der Waals surface area contributed by atoms with Crippen molar-refractivity contribution in [1.29, 1.82) is 0 Å². The van der Waals surface area contributed by atoms with E-state index in [1.807, 2.05) is 30.3 Å². The fraction of sp³-hybridized carbons (Fsp3) is 0.143. The maximum Gasteiger partial charge on any atom is 0.338 e. The van der Waals surface area contributed by atoms with E-state index in [4.69, 9.17) is 18.6 Å². The van der Waals surface area contributed by atoms with Crippen LogP contribution in [0.2, 0.25) is 0 Å². The first-order chi connectivity index (χ1) is 18.5. The normalized spacial score (nSPS) is 11.9. The molecule has 0 saturated heterocycles. The van der Waals surface area contributed by atoms with Gasteiger partial charge in [0.05, 0.1) is 26.4 Å². The molecule has 5 rings (SSSR count). The standard InChI is InChI=1S/C28H23N3O6S/c1-4-36-27(33)19-9-7-18(8-10-19)21-13-11-20(37-21)16-24-26(32)31-28(38-24)29-25(30-31)14-6-17-5-12-22(34-2)23(15-17)35-3/h5-16H,4H2,1-3H3/b14-6+,24-16-. The smallest absolute Gasteiger partial charge is 0.338 e. The molecular formula is C28H23N3O6S. The Morgan fingerprint density at radius 2 is 1.82 bits per heavy atom. The molecule has 0 atom stereocenters. The second kappa shape index (κ2) is 10.7. The number of nitrogens with zero attached hydrogens (tertiary/aromatic N) is 3. The average molecular weight is 530 g/mol. The Hall–Kier alpha value is -4.70. The molecule has 0 bridgehead atoms. The Kier molecular flexibility index (Phi) is 7.05. The van der Waals surface area contributed by atoms with Gasteiger partial charge in [-0.05, 0) is 55.0 Å². The highest BCUT2D eigenvalue weighted by atomic mass is 32.1. The fourth-order valence-electron chi connectivity index (χ4n) is 3.75. The highest BCUT2D eigenvalue weighted by Crippen LogP contribution is 2.28. The summed E-state index contributed by atoms with van der Waals surface area (Å²) in [5, 5.41) is 4.33. The van der Waals surface area contributed by atoms with Crippen LogP contribution < -0.4 is 19.6 Å². The highest BCUT2D eigenvalue weighted by molar-refractivity contribution is 7.15. The quantitative estimate of drug-likeness (QED) is 0.274. The molecule has 0 amide bonds. The Balaban J connectivity index is 1.35. The minimum Gasteiger partial charge on any atom is -0.493 e. The molecule has 192 valence electrons. The van der Waals surface area contributed by atoms with Crippen LogP contribution in [-0.2, 0) is 4.74 Å². The van der Waals surface area contributed by atoms with Gasteiger partial charge >= 0.3 is 5.97 Å². The molecule has 0 aliphatic rings. The lowest BCUT2D eigenvalue weighted by atomic mass is 10.1. The van der Waals surface area contributed by atoms with Crippen LogP contribution >= 0.6 is 11.3 Å². The number of hydrogen-bond acceptors (Lipinski definition) is 9. The number of furan rings is 1. The van der Waals surface area contributed by atoms with E-state index < -0.39 is 0 Å². The first-order valence-electron chi connectivity index (χ1n) is 11.7. The van der Waals surface area contributed by atoms with Crippen LogP contribution in [0.3, 0.4) is 0 Å². The zero-order valence-corrected chi connectivity index (χ0v) is 21.7. The van der Waals surface area contributed by atoms with Crippen LogP contribution in [-0.4, -0.2) is 41.4 Å². The lowest BCUT2D eigenvalue weighted by Crippen LogP contribution is -2.23. The Labute approximate surface area is 221 Å². The number of aromatic nitrogens is 3. The van der Waals surface area contributed by atoms with E-state index in [1.165, 1.54) is 15.9 Å². The van der Waals surface area contributed by atoms with Crippen molar-refractivity contribution in [2.45, 2.75) is 6.92 Å². The van der Waals surface area contributed by atoms with Crippen LogP contribution in [0.1, 0.15) is 34.4 Å². The molecule has 3 heterocycles.